The van der Waals surface area contributed by atoms with Crippen molar-refractivity contribution in [2.24, 2.45) is 0 Å². The summed E-state index contributed by atoms with van der Waals surface area (Å²) in [6, 6.07) is 3.89. The van der Waals surface area contributed by atoms with E-state index in [2.05, 4.69) is 0 Å². The summed E-state index contributed by atoms with van der Waals surface area (Å²) in [6.07, 6.45) is 3.56. The van der Waals surface area contributed by atoms with Gasteiger partial charge in [0.15, 0.2) is 11.6 Å². The molecule has 1 aromatic rings. The maximum absolute atomic E-state index is 13.0. The van der Waals surface area contributed by atoms with E-state index in [1.54, 1.807) is 6.07 Å². The largest absolute Gasteiger partial charge is 0.392 e. The summed E-state index contributed by atoms with van der Waals surface area (Å²) in [5.74, 6) is -1.65. The van der Waals surface area contributed by atoms with E-state index >= 15 is 0 Å². The molecule has 4 heteroatoms. The van der Waals surface area contributed by atoms with E-state index in [9.17, 15) is 13.9 Å². The Hall–Kier alpha value is -0.610. The van der Waals surface area contributed by atoms with Crippen molar-refractivity contribution >= 4 is 11.8 Å². The maximum Gasteiger partial charge on any atom is 0.159 e. The summed E-state index contributed by atoms with van der Waals surface area (Å²) in [5.41, 5.74) is 0. The van der Waals surface area contributed by atoms with Crippen LogP contribution in [0.1, 0.15) is 25.7 Å². The molecule has 0 saturated heterocycles. The Kier molecular flexibility index (Phi) is 3.82. The summed E-state index contributed by atoms with van der Waals surface area (Å²) in [5, 5.41) is 9.88. The van der Waals surface area contributed by atoms with Crippen LogP contribution in [0.4, 0.5) is 8.78 Å². The van der Waals surface area contributed by atoms with Crippen molar-refractivity contribution < 1.29 is 13.9 Å². The molecule has 2 unspecified atom stereocenters. The minimum Gasteiger partial charge on any atom is -0.392 e. The van der Waals surface area contributed by atoms with Gasteiger partial charge in [0.2, 0.25) is 0 Å². The Balaban J connectivity index is 2.05. The number of hydrogen-bond donors (Lipinski definition) is 1. The summed E-state index contributed by atoms with van der Waals surface area (Å²) in [7, 11) is 0. The molecule has 1 N–H and O–H groups in total. The van der Waals surface area contributed by atoms with Gasteiger partial charge in [0.25, 0.3) is 0 Å². The van der Waals surface area contributed by atoms with Crippen molar-refractivity contribution in [2.45, 2.75) is 41.9 Å². The summed E-state index contributed by atoms with van der Waals surface area (Å²) in [6.45, 7) is 0. The highest BCUT2D eigenvalue weighted by Gasteiger charge is 2.24. The SMILES string of the molecule is OC1CCCCC1Sc1ccc(F)c(F)c1. The minimum absolute atomic E-state index is 0.110. The van der Waals surface area contributed by atoms with E-state index in [0.717, 1.165) is 31.7 Å². The number of aliphatic hydroxyl groups excluding tert-OH is 1. The fraction of sp³-hybridized carbons (Fsp3) is 0.500. The van der Waals surface area contributed by atoms with Crippen LogP contribution in [0.15, 0.2) is 23.1 Å². The number of thioether (sulfide) groups is 1. The number of benzene rings is 1. The zero-order valence-electron chi connectivity index (χ0n) is 8.83. The highest BCUT2D eigenvalue weighted by Crippen LogP contribution is 2.34. The van der Waals surface area contributed by atoms with Crippen molar-refractivity contribution in [1.29, 1.82) is 0 Å². The van der Waals surface area contributed by atoms with Gasteiger partial charge >= 0.3 is 0 Å². The predicted molar refractivity (Wildman–Crippen MR) is 60.5 cm³/mol. The molecule has 1 aliphatic rings. The fourth-order valence-corrected chi connectivity index (χ4v) is 3.19. The minimum atomic E-state index is -0.825. The first-order valence-corrected chi connectivity index (χ1v) is 6.34. The predicted octanol–water partition coefficient (Wildman–Crippen LogP) is 3.36. The Morgan fingerprint density at radius 3 is 2.56 bits per heavy atom. The molecule has 0 radical (unpaired) electrons. The molecule has 1 saturated carbocycles. The van der Waals surface area contributed by atoms with Gasteiger partial charge in [0.05, 0.1) is 6.10 Å². The second kappa shape index (κ2) is 5.15. The van der Waals surface area contributed by atoms with E-state index in [-0.39, 0.29) is 11.4 Å². The van der Waals surface area contributed by atoms with Crippen LogP contribution in [0.2, 0.25) is 0 Å². The van der Waals surface area contributed by atoms with E-state index in [1.807, 2.05) is 0 Å². The van der Waals surface area contributed by atoms with Crippen molar-refractivity contribution in [3.8, 4) is 0 Å². The summed E-state index contributed by atoms with van der Waals surface area (Å²) in [4.78, 5) is 0.685. The van der Waals surface area contributed by atoms with Gasteiger partial charge in [-0.25, -0.2) is 8.78 Å². The third kappa shape index (κ3) is 2.74. The van der Waals surface area contributed by atoms with Gasteiger partial charge in [-0.15, -0.1) is 11.8 Å². The molecule has 0 amide bonds. The highest BCUT2D eigenvalue weighted by atomic mass is 32.2. The highest BCUT2D eigenvalue weighted by molar-refractivity contribution is 8.00. The van der Waals surface area contributed by atoms with E-state index < -0.39 is 11.6 Å². The second-order valence-corrected chi connectivity index (χ2v) is 5.40. The molecule has 2 atom stereocenters. The number of hydrogen-bond acceptors (Lipinski definition) is 2. The van der Waals surface area contributed by atoms with Crippen molar-refractivity contribution in [3.05, 3.63) is 29.8 Å². The number of halogens is 2. The Morgan fingerprint density at radius 2 is 1.88 bits per heavy atom. The van der Waals surface area contributed by atoms with Gasteiger partial charge < -0.3 is 5.11 Å². The van der Waals surface area contributed by atoms with Gasteiger partial charge in [-0.05, 0) is 31.0 Å². The Bertz CT molecular complexity index is 370. The van der Waals surface area contributed by atoms with Crippen LogP contribution in [0.3, 0.4) is 0 Å². The smallest absolute Gasteiger partial charge is 0.159 e. The molecule has 0 spiro atoms. The maximum atomic E-state index is 13.0. The van der Waals surface area contributed by atoms with Crippen LogP contribution >= 0.6 is 11.8 Å². The number of rotatable bonds is 2. The fourth-order valence-electron chi connectivity index (χ4n) is 1.94. The first kappa shape index (κ1) is 11.9. The zero-order chi connectivity index (χ0) is 11.5. The van der Waals surface area contributed by atoms with E-state index in [0.29, 0.717) is 4.90 Å². The van der Waals surface area contributed by atoms with Crippen LogP contribution in [0.5, 0.6) is 0 Å². The molecule has 0 bridgehead atoms. The topological polar surface area (TPSA) is 20.2 Å². The van der Waals surface area contributed by atoms with Crippen LogP contribution < -0.4 is 0 Å². The molecular formula is C12H14F2OS. The van der Waals surface area contributed by atoms with E-state index in [4.69, 9.17) is 0 Å². The van der Waals surface area contributed by atoms with Crippen molar-refractivity contribution in [3.63, 3.8) is 0 Å². The van der Waals surface area contributed by atoms with Gasteiger partial charge in [-0.3, -0.25) is 0 Å². The van der Waals surface area contributed by atoms with Crippen molar-refractivity contribution in [1.82, 2.24) is 0 Å². The van der Waals surface area contributed by atoms with Gasteiger partial charge in [0, 0.05) is 10.1 Å². The van der Waals surface area contributed by atoms with Crippen LogP contribution in [-0.2, 0) is 0 Å². The first-order valence-electron chi connectivity index (χ1n) is 5.46. The van der Waals surface area contributed by atoms with Crippen LogP contribution in [0, 0.1) is 11.6 Å². The van der Waals surface area contributed by atoms with Crippen LogP contribution in [0.25, 0.3) is 0 Å². The quantitative estimate of drug-likeness (QED) is 0.860. The van der Waals surface area contributed by atoms with Crippen LogP contribution in [-0.4, -0.2) is 16.5 Å². The van der Waals surface area contributed by atoms with Gasteiger partial charge in [0.1, 0.15) is 0 Å². The molecule has 1 fully saturated rings. The molecule has 1 aliphatic carbocycles. The molecule has 0 heterocycles. The average Bonchev–Trinajstić information content (AvgIpc) is 2.27. The lowest BCUT2D eigenvalue weighted by Gasteiger charge is -2.26. The molecule has 0 aromatic heterocycles. The second-order valence-electron chi connectivity index (χ2n) is 4.08. The molecule has 88 valence electrons. The molecule has 0 aliphatic heterocycles. The Morgan fingerprint density at radius 1 is 1.12 bits per heavy atom. The lowest BCUT2D eigenvalue weighted by Crippen LogP contribution is -2.26. The standard InChI is InChI=1S/C12H14F2OS/c13-9-6-5-8(7-10(9)14)16-12-4-2-1-3-11(12)15/h5-7,11-12,15H,1-4H2. The first-order chi connectivity index (χ1) is 7.66. The summed E-state index contributed by atoms with van der Waals surface area (Å²) >= 11 is 1.44. The molecule has 1 nitrogen and oxygen atoms in total. The third-order valence-corrected chi connectivity index (χ3v) is 4.22. The van der Waals surface area contributed by atoms with E-state index in [1.165, 1.54) is 17.8 Å². The molecular weight excluding hydrogens is 230 g/mol. The Labute approximate surface area is 97.9 Å². The van der Waals surface area contributed by atoms with Gasteiger partial charge in [-0.1, -0.05) is 12.8 Å². The lowest BCUT2D eigenvalue weighted by molar-refractivity contribution is 0.137. The number of aliphatic hydroxyl groups is 1. The summed E-state index contributed by atoms with van der Waals surface area (Å²) < 4.78 is 25.7. The van der Waals surface area contributed by atoms with Crippen molar-refractivity contribution in [2.75, 3.05) is 0 Å². The monoisotopic (exact) mass is 244 g/mol. The normalized spacial score (nSPS) is 25.7. The molecule has 16 heavy (non-hydrogen) atoms. The molecule has 1 aromatic carbocycles. The van der Waals surface area contributed by atoms with Gasteiger partial charge in [-0.2, -0.15) is 0 Å². The average molecular weight is 244 g/mol. The third-order valence-electron chi connectivity index (χ3n) is 2.85. The lowest BCUT2D eigenvalue weighted by atomic mass is 9.97. The zero-order valence-corrected chi connectivity index (χ0v) is 9.64. The molecule has 2 rings (SSSR count).